The second kappa shape index (κ2) is 5.62. The van der Waals surface area contributed by atoms with E-state index in [1.54, 1.807) is 10.7 Å². The Labute approximate surface area is 155 Å². The largest absolute Gasteiger partial charge is 0.478 e. The molecule has 0 fully saturated rings. The molecule has 7 nitrogen and oxygen atoms in total. The molecule has 4 heterocycles. The van der Waals surface area contributed by atoms with Crippen LogP contribution < -0.4 is 0 Å². The molecule has 140 valence electrons. The number of fused-ring (bicyclic) bond motifs is 1. The second-order valence-corrected chi connectivity index (χ2v) is 6.53. The summed E-state index contributed by atoms with van der Waals surface area (Å²) in [5, 5.41) is 13.1. The first-order valence-electron chi connectivity index (χ1n) is 8.32. The smallest absolute Gasteiger partial charge is 0.339 e. The minimum absolute atomic E-state index is 0.0285. The van der Waals surface area contributed by atoms with Crippen LogP contribution >= 0.6 is 0 Å². The van der Waals surface area contributed by atoms with Crippen molar-refractivity contribution in [3.05, 3.63) is 70.7 Å². The highest BCUT2D eigenvalue weighted by atomic mass is 19.2. The van der Waals surface area contributed by atoms with Crippen LogP contribution in [-0.4, -0.2) is 31.5 Å². The minimum Gasteiger partial charge on any atom is -0.478 e. The van der Waals surface area contributed by atoms with Crippen molar-refractivity contribution in [1.82, 2.24) is 14.5 Å². The summed E-state index contributed by atoms with van der Waals surface area (Å²) in [6, 6.07) is 5.49. The van der Waals surface area contributed by atoms with E-state index >= 15 is 0 Å². The molecule has 28 heavy (non-hydrogen) atoms. The topological polar surface area (TPSA) is 88.0 Å². The third kappa shape index (κ3) is 2.22. The van der Waals surface area contributed by atoms with E-state index in [4.69, 9.17) is 4.42 Å². The molecule has 0 bridgehead atoms. The van der Waals surface area contributed by atoms with Gasteiger partial charge in [-0.3, -0.25) is 4.79 Å². The molecule has 0 spiro atoms. The lowest BCUT2D eigenvalue weighted by atomic mass is 10.1. The van der Waals surface area contributed by atoms with Gasteiger partial charge in [-0.2, -0.15) is 5.10 Å². The number of carbonyl (C=O) groups is 2. The zero-order valence-electron chi connectivity index (χ0n) is 14.1. The van der Waals surface area contributed by atoms with Crippen LogP contribution in [-0.2, 0) is 13.1 Å². The quantitative estimate of drug-likeness (QED) is 0.587. The van der Waals surface area contributed by atoms with Crippen molar-refractivity contribution >= 4 is 28.4 Å². The van der Waals surface area contributed by atoms with Gasteiger partial charge in [-0.05, 0) is 23.8 Å². The fraction of sp³-hybridized carbons (Fsp3) is 0.105. The first-order chi connectivity index (χ1) is 13.4. The normalized spacial score (nSPS) is 13.6. The highest BCUT2D eigenvalue weighted by Gasteiger charge is 2.29. The van der Waals surface area contributed by atoms with Crippen molar-refractivity contribution in [3.63, 3.8) is 0 Å². The number of hydrogen-bond acceptors (Lipinski definition) is 4. The third-order valence-electron chi connectivity index (χ3n) is 4.83. The Kier molecular flexibility index (Phi) is 3.30. The van der Waals surface area contributed by atoms with Gasteiger partial charge in [0.05, 0.1) is 29.2 Å². The van der Waals surface area contributed by atoms with Gasteiger partial charge in [0.15, 0.2) is 17.2 Å². The Morgan fingerprint density at radius 1 is 1.32 bits per heavy atom. The third-order valence-corrected chi connectivity index (χ3v) is 4.83. The zero-order valence-corrected chi connectivity index (χ0v) is 14.1. The number of carbonyl (C=O) groups excluding carboxylic acids is 1. The SMILES string of the molecule is O=C(O)c1cc(F)c(F)c2cc(CN3Cc4cccn5ncc(c45)C3=O)oc12. The minimum atomic E-state index is -1.44. The summed E-state index contributed by atoms with van der Waals surface area (Å²) in [6.07, 6.45) is 3.22. The molecule has 0 saturated carbocycles. The molecule has 0 radical (unpaired) electrons. The molecule has 3 aromatic heterocycles. The molecule has 0 unspecified atom stereocenters. The van der Waals surface area contributed by atoms with Crippen LogP contribution in [0.4, 0.5) is 8.78 Å². The number of rotatable bonds is 3. The average molecular weight is 383 g/mol. The Morgan fingerprint density at radius 3 is 2.93 bits per heavy atom. The lowest BCUT2D eigenvalue weighted by Crippen LogP contribution is -2.33. The van der Waals surface area contributed by atoms with Crippen molar-refractivity contribution < 1.29 is 27.9 Å². The number of aromatic nitrogens is 2. The number of aromatic carboxylic acids is 1. The molecule has 1 aliphatic heterocycles. The van der Waals surface area contributed by atoms with E-state index in [0.717, 1.165) is 11.1 Å². The first kappa shape index (κ1) is 16.4. The summed E-state index contributed by atoms with van der Waals surface area (Å²) in [5.41, 5.74) is 1.30. The van der Waals surface area contributed by atoms with Gasteiger partial charge >= 0.3 is 5.97 Å². The fourth-order valence-corrected chi connectivity index (χ4v) is 3.59. The summed E-state index contributed by atoms with van der Waals surface area (Å²) in [4.78, 5) is 25.6. The van der Waals surface area contributed by atoms with Crippen molar-refractivity contribution in [2.24, 2.45) is 0 Å². The van der Waals surface area contributed by atoms with E-state index in [9.17, 15) is 23.5 Å². The average Bonchev–Trinajstić information content (AvgIpc) is 3.28. The number of halogens is 2. The molecule has 1 N–H and O–H groups in total. The molecule has 4 aromatic rings. The Balaban J connectivity index is 1.56. The summed E-state index contributed by atoms with van der Waals surface area (Å²) < 4.78 is 34.9. The lowest BCUT2D eigenvalue weighted by Gasteiger charge is -2.25. The number of benzene rings is 1. The number of carboxylic acid groups (broad SMARTS) is 1. The Bertz CT molecular complexity index is 1310. The monoisotopic (exact) mass is 383 g/mol. The predicted octanol–water partition coefficient (Wildman–Crippen LogP) is 3.21. The number of amides is 1. The zero-order chi connectivity index (χ0) is 19.6. The van der Waals surface area contributed by atoms with Crippen LogP contribution in [0.15, 0.2) is 41.1 Å². The summed E-state index contributed by atoms with van der Waals surface area (Å²) in [7, 11) is 0. The van der Waals surface area contributed by atoms with Gasteiger partial charge in [-0.1, -0.05) is 6.07 Å². The van der Waals surface area contributed by atoms with Gasteiger partial charge < -0.3 is 14.4 Å². The van der Waals surface area contributed by atoms with Crippen LogP contribution in [0.5, 0.6) is 0 Å². The van der Waals surface area contributed by atoms with E-state index in [-0.39, 0.29) is 35.7 Å². The maximum absolute atomic E-state index is 14.1. The Hall–Kier alpha value is -3.75. The van der Waals surface area contributed by atoms with Gasteiger partial charge in [-0.25, -0.2) is 18.1 Å². The molecule has 0 atom stereocenters. The number of carboxylic acids is 1. The number of furan rings is 1. The molecule has 0 saturated heterocycles. The Morgan fingerprint density at radius 2 is 2.14 bits per heavy atom. The summed E-state index contributed by atoms with van der Waals surface area (Å²) in [5.74, 6) is -4.03. The number of pyridine rings is 1. The maximum Gasteiger partial charge on any atom is 0.339 e. The van der Waals surface area contributed by atoms with Gasteiger partial charge in [0.2, 0.25) is 0 Å². The van der Waals surface area contributed by atoms with Crippen molar-refractivity contribution in [2.45, 2.75) is 13.1 Å². The molecule has 1 aromatic carbocycles. The first-order valence-corrected chi connectivity index (χ1v) is 8.32. The maximum atomic E-state index is 14.1. The van der Waals surface area contributed by atoms with E-state index < -0.39 is 23.2 Å². The van der Waals surface area contributed by atoms with Gasteiger partial charge in [0.1, 0.15) is 11.3 Å². The predicted molar refractivity (Wildman–Crippen MR) is 91.9 cm³/mol. The van der Waals surface area contributed by atoms with E-state index in [0.29, 0.717) is 11.6 Å². The number of hydrogen-bond donors (Lipinski definition) is 1. The molecular weight excluding hydrogens is 372 g/mol. The van der Waals surface area contributed by atoms with Crippen LogP contribution in [0.3, 0.4) is 0 Å². The van der Waals surface area contributed by atoms with Crippen molar-refractivity contribution in [2.75, 3.05) is 0 Å². The lowest BCUT2D eigenvalue weighted by molar-refractivity contribution is 0.0689. The van der Waals surface area contributed by atoms with Crippen molar-refractivity contribution in [1.29, 1.82) is 0 Å². The summed E-state index contributed by atoms with van der Waals surface area (Å²) >= 11 is 0. The molecule has 1 aliphatic rings. The van der Waals surface area contributed by atoms with Crippen LogP contribution in [0, 0.1) is 11.6 Å². The molecule has 0 aliphatic carbocycles. The van der Waals surface area contributed by atoms with Crippen molar-refractivity contribution in [3.8, 4) is 0 Å². The van der Waals surface area contributed by atoms with Crippen LogP contribution in [0.1, 0.15) is 32.0 Å². The second-order valence-electron chi connectivity index (χ2n) is 6.53. The highest BCUT2D eigenvalue weighted by Crippen LogP contribution is 2.31. The van der Waals surface area contributed by atoms with E-state index in [2.05, 4.69) is 5.10 Å². The molecular formula is C19H11F2N3O4. The fourth-order valence-electron chi connectivity index (χ4n) is 3.59. The van der Waals surface area contributed by atoms with E-state index in [1.165, 1.54) is 17.2 Å². The van der Waals surface area contributed by atoms with Gasteiger partial charge in [0.25, 0.3) is 5.91 Å². The summed E-state index contributed by atoms with van der Waals surface area (Å²) in [6.45, 7) is 0.251. The molecule has 9 heteroatoms. The molecule has 5 rings (SSSR count). The van der Waals surface area contributed by atoms with Crippen LogP contribution in [0.25, 0.3) is 16.5 Å². The number of nitrogens with zero attached hydrogens (tertiary/aromatic N) is 3. The van der Waals surface area contributed by atoms with Gasteiger partial charge in [0, 0.05) is 12.7 Å². The van der Waals surface area contributed by atoms with E-state index in [1.807, 2.05) is 12.1 Å². The van der Waals surface area contributed by atoms with Crippen LogP contribution in [0.2, 0.25) is 0 Å². The highest BCUT2D eigenvalue weighted by molar-refractivity contribution is 6.03. The van der Waals surface area contributed by atoms with Gasteiger partial charge in [-0.15, -0.1) is 0 Å². The molecule has 1 amide bonds. The standard InChI is InChI=1S/C19H11F2N3O4/c20-14-5-12(19(26)27)17-11(15(14)21)4-10(28-17)8-23-7-9-2-1-3-24-16(9)13(6-22-24)18(23)25/h1-6H,7-8H2,(H,26,27).